The molecule has 0 fully saturated rings. The van der Waals surface area contributed by atoms with Crippen LogP contribution >= 0.6 is 0 Å². The summed E-state index contributed by atoms with van der Waals surface area (Å²) < 4.78 is 4.85. The van der Waals surface area contributed by atoms with E-state index in [2.05, 4.69) is 50.0 Å². The Balaban J connectivity index is 1.38. The Bertz CT molecular complexity index is 1300. The number of nitrogens with one attached hydrogen (secondary N) is 4. The van der Waals surface area contributed by atoms with Gasteiger partial charge in [-0.3, -0.25) is 9.59 Å². The molecule has 2 aromatic carbocycles. The molecule has 9 heteroatoms. The van der Waals surface area contributed by atoms with E-state index < -0.39 is 0 Å². The molecule has 0 aliphatic rings. The monoisotopic (exact) mass is 486 g/mol. The summed E-state index contributed by atoms with van der Waals surface area (Å²) >= 11 is 0. The highest BCUT2D eigenvalue weighted by Crippen LogP contribution is 2.29. The molecule has 4 N–H and O–H groups in total. The molecule has 1 amide bonds. The highest BCUT2D eigenvalue weighted by molar-refractivity contribution is 5.95. The SMILES string of the molecule is CCOC(=O)CNCCNC(=O)c1ccc(-c2cc3c(NC(C)c4ccccc4)ncnc3[nH]2)cc1. The summed E-state index contributed by atoms with van der Waals surface area (Å²) in [5, 5.41) is 10.1. The first-order valence-electron chi connectivity index (χ1n) is 12.0. The van der Waals surface area contributed by atoms with Crippen LogP contribution in [0.4, 0.5) is 5.82 Å². The average molecular weight is 487 g/mol. The molecule has 9 nitrogen and oxygen atoms in total. The molecule has 1 atom stereocenters. The van der Waals surface area contributed by atoms with E-state index in [1.165, 1.54) is 11.9 Å². The smallest absolute Gasteiger partial charge is 0.319 e. The first-order valence-corrected chi connectivity index (χ1v) is 12.0. The Labute approximate surface area is 209 Å². The second-order valence-corrected chi connectivity index (χ2v) is 8.26. The van der Waals surface area contributed by atoms with Gasteiger partial charge < -0.3 is 25.7 Å². The third-order valence-corrected chi connectivity index (χ3v) is 5.70. The molecule has 4 rings (SSSR count). The van der Waals surface area contributed by atoms with Gasteiger partial charge in [-0.15, -0.1) is 0 Å². The Morgan fingerprint density at radius 2 is 1.81 bits per heavy atom. The second kappa shape index (κ2) is 11.9. The molecule has 186 valence electrons. The van der Waals surface area contributed by atoms with Crippen molar-refractivity contribution in [2.24, 2.45) is 0 Å². The summed E-state index contributed by atoms with van der Waals surface area (Å²) in [6, 6.07) is 19.6. The van der Waals surface area contributed by atoms with Crippen molar-refractivity contribution in [2.45, 2.75) is 19.9 Å². The Morgan fingerprint density at radius 3 is 2.56 bits per heavy atom. The van der Waals surface area contributed by atoms with E-state index in [1.807, 2.05) is 36.4 Å². The number of anilines is 1. The van der Waals surface area contributed by atoms with Crippen molar-refractivity contribution in [1.82, 2.24) is 25.6 Å². The molecule has 36 heavy (non-hydrogen) atoms. The molecule has 4 aromatic rings. The predicted molar refractivity (Wildman–Crippen MR) is 140 cm³/mol. The number of aromatic amines is 1. The minimum Gasteiger partial charge on any atom is -0.465 e. The van der Waals surface area contributed by atoms with Crippen LogP contribution in [0.15, 0.2) is 67.0 Å². The number of nitrogens with zero attached hydrogens (tertiary/aromatic N) is 2. The fourth-order valence-corrected chi connectivity index (χ4v) is 3.81. The van der Waals surface area contributed by atoms with Crippen LogP contribution < -0.4 is 16.0 Å². The molecule has 2 heterocycles. The van der Waals surface area contributed by atoms with Crippen LogP contribution in [-0.4, -0.2) is 53.1 Å². The van der Waals surface area contributed by atoms with Crippen LogP contribution in [0.5, 0.6) is 0 Å². The van der Waals surface area contributed by atoms with Crippen molar-refractivity contribution >= 4 is 28.7 Å². The summed E-state index contributed by atoms with van der Waals surface area (Å²) in [7, 11) is 0. The molecule has 0 aliphatic heterocycles. The Kier molecular flexibility index (Phi) is 8.25. The van der Waals surface area contributed by atoms with Gasteiger partial charge in [0, 0.05) is 30.4 Å². The number of aromatic nitrogens is 3. The molecule has 1 unspecified atom stereocenters. The number of fused-ring (bicyclic) bond motifs is 1. The summed E-state index contributed by atoms with van der Waals surface area (Å²) in [6.45, 7) is 5.20. The molecule has 0 aliphatic carbocycles. The number of amides is 1. The highest BCUT2D eigenvalue weighted by Gasteiger charge is 2.13. The number of benzene rings is 2. The van der Waals surface area contributed by atoms with E-state index in [0.29, 0.717) is 25.3 Å². The largest absolute Gasteiger partial charge is 0.465 e. The van der Waals surface area contributed by atoms with Gasteiger partial charge in [0.2, 0.25) is 0 Å². The van der Waals surface area contributed by atoms with Gasteiger partial charge in [-0.1, -0.05) is 42.5 Å². The average Bonchev–Trinajstić information content (AvgIpc) is 3.35. The van der Waals surface area contributed by atoms with Crippen molar-refractivity contribution in [3.05, 3.63) is 78.1 Å². The van der Waals surface area contributed by atoms with Crippen molar-refractivity contribution in [1.29, 1.82) is 0 Å². The van der Waals surface area contributed by atoms with Gasteiger partial charge in [0.05, 0.1) is 18.5 Å². The van der Waals surface area contributed by atoms with Crippen LogP contribution in [0.25, 0.3) is 22.3 Å². The van der Waals surface area contributed by atoms with E-state index in [0.717, 1.165) is 28.1 Å². The number of H-pyrrole nitrogens is 1. The molecule has 0 radical (unpaired) electrons. The van der Waals surface area contributed by atoms with E-state index in [9.17, 15) is 9.59 Å². The number of rotatable bonds is 11. The van der Waals surface area contributed by atoms with Crippen molar-refractivity contribution in [2.75, 3.05) is 31.6 Å². The maximum absolute atomic E-state index is 12.4. The maximum Gasteiger partial charge on any atom is 0.319 e. The van der Waals surface area contributed by atoms with Gasteiger partial charge in [0.15, 0.2) is 0 Å². The minimum absolute atomic E-state index is 0.0841. The van der Waals surface area contributed by atoms with Crippen LogP contribution in [-0.2, 0) is 9.53 Å². The number of ether oxygens (including phenoxy) is 1. The fourth-order valence-electron chi connectivity index (χ4n) is 3.81. The molecule has 2 aromatic heterocycles. The van der Waals surface area contributed by atoms with Crippen LogP contribution in [0.1, 0.15) is 35.8 Å². The van der Waals surface area contributed by atoms with Crippen molar-refractivity contribution in [3.8, 4) is 11.3 Å². The Hall–Kier alpha value is -4.24. The molecule has 0 bridgehead atoms. The zero-order valence-corrected chi connectivity index (χ0v) is 20.4. The predicted octanol–water partition coefficient (Wildman–Crippen LogP) is 3.68. The minimum atomic E-state index is -0.309. The molecule has 0 saturated carbocycles. The zero-order chi connectivity index (χ0) is 25.3. The van der Waals surface area contributed by atoms with Crippen LogP contribution in [0.2, 0.25) is 0 Å². The van der Waals surface area contributed by atoms with Crippen LogP contribution in [0, 0.1) is 0 Å². The van der Waals surface area contributed by atoms with E-state index in [4.69, 9.17) is 4.74 Å². The fraction of sp³-hybridized carbons (Fsp3) is 0.259. The third kappa shape index (κ3) is 6.25. The lowest BCUT2D eigenvalue weighted by Crippen LogP contribution is -2.34. The second-order valence-electron chi connectivity index (χ2n) is 8.26. The van der Waals surface area contributed by atoms with Crippen molar-refractivity contribution < 1.29 is 14.3 Å². The van der Waals surface area contributed by atoms with Crippen molar-refractivity contribution in [3.63, 3.8) is 0 Å². The lowest BCUT2D eigenvalue weighted by molar-refractivity contribution is -0.141. The molecular formula is C27H30N6O3. The van der Waals surface area contributed by atoms with Crippen LogP contribution in [0.3, 0.4) is 0 Å². The van der Waals surface area contributed by atoms with Gasteiger partial charge >= 0.3 is 5.97 Å². The lowest BCUT2D eigenvalue weighted by Gasteiger charge is -2.15. The van der Waals surface area contributed by atoms with Gasteiger partial charge in [-0.2, -0.15) is 0 Å². The summed E-state index contributed by atoms with van der Waals surface area (Å²) in [5.41, 5.74) is 4.28. The van der Waals surface area contributed by atoms with E-state index >= 15 is 0 Å². The number of carbonyl (C=O) groups excluding carboxylic acids is 2. The standard InChI is InChI=1S/C27H30N6O3/c1-3-36-24(34)16-28-13-14-29-27(35)21-11-9-20(10-12-21)23-15-22-25(30-17-31-26(22)33-23)32-18(2)19-7-5-4-6-8-19/h4-12,15,17-18,28H,3,13-14,16H2,1-2H3,(H,29,35)(H2,30,31,32,33). The quantitative estimate of drug-likeness (QED) is 0.188. The normalized spacial score (nSPS) is 11.7. The first kappa shape index (κ1) is 24.9. The summed E-state index contributed by atoms with van der Waals surface area (Å²) in [6.07, 6.45) is 1.54. The van der Waals surface area contributed by atoms with Gasteiger partial charge in [0.1, 0.15) is 17.8 Å². The van der Waals surface area contributed by atoms with Gasteiger partial charge in [-0.25, -0.2) is 9.97 Å². The number of carbonyl (C=O) groups is 2. The van der Waals surface area contributed by atoms with E-state index in [1.54, 1.807) is 19.1 Å². The first-order chi connectivity index (χ1) is 17.5. The maximum atomic E-state index is 12.4. The molecule has 0 spiro atoms. The van der Waals surface area contributed by atoms with E-state index in [-0.39, 0.29) is 24.5 Å². The lowest BCUT2D eigenvalue weighted by atomic mass is 10.1. The topological polar surface area (TPSA) is 121 Å². The number of esters is 1. The highest BCUT2D eigenvalue weighted by atomic mass is 16.5. The summed E-state index contributed by atoms with van der Waals surface area (Å²) in [4.78, 5) is 35.9. The van der Waals surface area contributed by atoms with Gasteiger partial charge in [0.25, 0.3) is 5.91 Å². The summed E-state index contributed by atoms with van der Waals surface area (Å²) in [5.74, 6) is 0.269. The number of hydrogen-bond acceptors (Lipinski definition) is 7. The molecule has 0 saturated heterocycles. The molecular weight excluding hydrogens is 456 g/mol. The zero-order valence-electron chi connectivity index (χ0n) is 20.4. The Morgan fingerprint density at radius 1 is 1.03 bits per heavy atom. The number of hydrogen-bond donors (Lipinski definition) is 4. The third-order valence-electron chi connectivity index (χ3n) is 5.70. The van der Waals surface area contributed by atoms with Gasteiger partial charge in [-0.05, 0) is 43.2 Å².